The second-order valence-electron chi connectivity index (χ2n) is 6.41. The highest BCUT2D eigenvalue weighted by atomic mass is 127. The smallest absolute Gasteiger partial charge is 0.0830 e. The van der Waals surface area contributed by atoms with E-state index in [0.717, 1.165) is 25.0 Å². The third kappa shape index (κ3) is 2.77. The fraction of sp³-hybridized carbons (Fsp3) is 0.647. The lowest BCUT2D eigenvalue weighted by Gasteiger charge is -2.40. The molecule has 1 N–H and O–H groups in total. The van der Waals surface area contributed by atoms with Crippen LogP contribution in [-0.2, 0) is 4.74 Å². The van der Waals surface area contributed by atoms with Crippen LogP contribution in [-0.4, -0.2) is 17.3 Å². The number of benzene rings is 1. The molecule has 110 valence electrons. The Morgan fingerprint density at radius 1 is 1.35 bits per heavy atom. The van der Waals surface area contributed by atoms with Crippen LogP contribution < -0.4 is 0 Å². The van der Waals surface area contributed by atoms with Gasteiger partial charge in [-0.25, -0.2) is 0 Å². The van der Waals surface area contributed by atoms with Crippen LogP contribution in [0.25, 0.3) is 0 Å². The second kappa shape index (κ2) is 5.93. The molecule has 1 spiro atoms. The van der Waals surface area contributed by atoms with Crippen molar-refractivity contribution in [3.8, 4) is 0 Å². The van der Waals surface area contributed by atoms with Gasteiger partial charge in [-0.1, -0.05) is 31.0 Å². The third-order valence-corrected chi connectivity index (χ3v) is 6.51. The zero-order chi connectivity index (χ0) is 14.2. The van der Waals surface area contributed by atoms with Gasteiger partial charge in [0.05, 0.1) is 11.7 Å². The zero-order valence-electron chi connectivity index (χ0n) is 12.1. The lowest BCUT2D eigenvalue weighted by molar-refractivity contribution is -0.113. The Kier molecular flexibility index (Phi) is 4.39. The monoisotopic (exact) mass is 386 g/mol. The molecule has 1 saturated carbocycles. The van der Waals surface area contributed by atoms with Crippen LogP contribution in [0.2, 0.25) is 0 Å². The van der Waals surface area contributed by atoms with Gasteiger partial charge in [0.25, 0.3) is 0 Å². The highest BCUT2D eigenvalue weighted by Crippen LogP contribution is 2.45. The van der Waals surface area contributed by atoms with Gasteiger partial charge in [-0.15, -0.1) is 0 Å². The average Bonchev–Trinajstić information content (AvgIpc) is 2.89. The molecule has 1 aliphatic heterocycles. The first-order valence-corrected chi connectivity index (χ1v) is 8.76. The maximum absolute atomic E-state index is 10.8. The van der Waals surface area contributed by atoms with E-state index in [1.807, 2.05) is 0 Å². The van der Waals surface area contributed by atoms with Crippen molar-refractivity contribution >= 4 is 22.6 Å². The Balaban J connectivity index is 1.79. The number of rotatable bonds is 2. The number of aryl methyl sites for hydroxylation is 1. The largest absolute Gasteiger partial charge is 0.388 e. The first-order chi connectivity index (χ1) is 9.61. The SMILES string of the molecule is Cc1cccc(C(O)C2CCOC3(CCCC3)C2)c1I. The van der Waals surface area contributed by atoms with Crippen LogP contribution >= 0.6 is 22.6 Å². The summed E-state index contributed by atoms with van der Waals surface area (Å²) in [6, 6.07) is 6.25. The highest BCUT2D eigenvalue weighted by Gasteiger charge is 2.42. The summed E-state index contributed by atoms with van der Waals surface area (Å²) in [5, 5.41) is 10.8. The summed E-state index contributed by atoms with van der Waals surface area (Å²) in [6.07, 6.45) is 6.59. The van der Waals surface area contributed by atoms with E-state index in [1.165, 1.54) is 34.8 Å². The molecule has 1 saturated heterocycles. The predicted molar refractivity (Wildman–Crippen MR) is 88.7 cm³/mol. The van der Waals surface area contributed by atoms with E-state index in [0.29, 0.717) is 5.92 Å². The number of aliphatic hydroxyl groups is 1. The molecule has 1 aromatic carbocycles. The van der Waals surface area contributed by atoms with Crippen molar-refractivity contribution < 1.29 is 9.84 Å². The van der Waals surface area contributed by atoms with Crippen molar-refractivity contribution in [2.45, 2.75) is 57.2 Å². The third-order valence-electron chi connectivity index (χ3n) is 5.03. The molecule has 2 fully saturated rings. The summed E-state index contributed by atoms with van der Waals surface area (Å²) in [5.41, 5.74) is 2.44. The molecule has 3 heteroatoms. The maximum Gasteiger partial charge on any atom is 0.0830 e. The van der Waals surface area contributed by atoms with Gasteiger partial charge in [-0.2, -0.15) is 0 Å². The Morgan fingerprint density at radius 3 is 2.85 bits per heavy atom. The van der Waals surface area contributed by atoms with Gasteiger partial charge in [-0.05, 0) is 72.2 Å². The number of aliphatic hydroxyl groups excluding tert-OH is 1. The Hall–Kier alpha value is -0.130. The number of hydrogen-bond donors (Lipinski definition) is 1. The Bertz CT molecular complexity index is 480. The molecule has 2 nitrogen and oxygen atoms in total. The molecule has 2 atom stereocenters. The first kappa shape index (κ1) is 14.8. The van der Waals surface area contributed by atoms with Gasteiger partial charge >= 0.3 is 0 Å². The van der Waals surface area contributed by atoms with Gasteiger partial charge in [0, 0.05) is 10.2 Å². The lowest BCUT2D eigenvalue weighted by Crippen LogP contribution is -2.39. The van der Waals surface area contributed by atoms with E-state index in [4.69, 9.17) is 4.74 Å². The summed E-state index contributed by atoms with van der Waals surface area (Å²) in [6.45, 7) is 2.92. The van der Waals surface area contributed by atoms with Crippen LogP contribution in [0.5, 0.6) is 0 Å². The summed E-state index contributed by atoms with van der Waals surface area (Å²) in [5.74, 6) is 0.345. The average molecular weight is 386 g/mol. The normalized spacial score (nSPS) is 26.9. The molecule has 1 heterocycles. The number of hydrogen-bond acceptors (Lipinski definition) is 2. The molecule has 20 heavy (non-hydrogen) atoms. The van der Waals surface area contributed by atoms with Crippen molar-refractivity contribution in [1.29, 1.82) is 0 Å². The minimum absolute atomic E-state index is 0.0825. The van der Waals surface area contributed by atoms with Crippen LogP contribution in [0.15, 0.2) is 18.2 Å². The summed E-state index contributed by atoms with van der Waals surface area (Å²) in [7, 11) is 0. The van der Waals surface area contributed by atoms with Crippen molar-refractivity contribution in [3.05, 3.63) is 32.9 Å². The quantitative estimate of drug-likeness (QED) is 0.765. The van der Waals surface area contributed by atoms with E-state index >= 15 is 0 Å². The molecule has 0 radical (unpaired) electrons. The van der Waals surface area contributed by atoms with Gasteiger partial charge in [0.15, 0.2) is 0 Å². The van der Waals surface area contributed by atoms with Crippen LogP contribution in [0, 0.1) is 16.4 Å². The molecular weight excluding hydrogens is 363 g/mol. The molecule has 0 bridgehead atoms. The molecule has 2 unspecified atom stereocenters. The van der Waals surface area contributed by atoms with Gasteiger partial charge in [-0.3, -0.25) is 0 Å². The van der Waals surface area contributed by atoms with Crippen LogP contribution in [0.1, 0.15) is 55.8 Å². The van der Waals surface area contributed by atoms with E-state index in [9.17, 15) is 5.11 Å². The lowest BCUT2D eigenvalue weighted by atomic mass is 9.79. The van der Waals surface area contributed by atoms with Crippen molar-refractivity contribution in [2.75, 3.05) is 6.61 Å². The first-order valence-electron chi connectivity index (χ1n) is 7.68. The summed E-state index contributed by atoms with van der Waals surface area (Å²) < 4.78 is 7.30. The highest BCUT2D eigenvalue weighted by molar-refractivity contribution is 14.1. The summed E-state index contributed by atoms with van der Waals surface area (Å²) >= 11 is 2.36. The molecule has 2 aliphatic rings. The van der Waals surface area contributed by atoms with Crippen molar-refractivity contribution in [1.82, 2.24) is 0 Å². The zero-order valence-corrected chi connectivity index (χ0v) is 14.2. The minimum atomic E-state index is -0.344. The minimum Gasteiger partial charge on any atom is -0.388 e. The molecule has 0 amide bonds. The van der Waals surface area contributed by atoms with Crippen molar-refractivity contribution in [3.63, 3.8) is 0 Å². The van der Waals surface area contributed by atoms with E-state index < -0.39 is 0 Å². The number of halogens is 1. The summed E-state index contributed by atoms with van der Waals surface area (Å²) in [4.78, 5) is 0. The fourth-order valence-electron chi connectivity index (χ4n) is 3.86. The Labute approximate surface area is 135 Å². The van der Waals surface area contributed by atoms with Gasteiger partial charge in [0.1, 0.15) is 0 Å². The Morgan fingerprint density at radius 2 is 2.10 bits per heavy atom. The van der Waals surface area contributed by atoms with E-state index in [2.05, 4.69) is 47.7 Å². The topological polar surface area (TPSA) is 29.5 Å². The second-order valence-corrected chi connectivity index (χ2v) is 7.49. The molecule has 1 aromatic rings. The molecule has 0 aromatic heterocycles. The van der Waals surface area contributed by atoms with E-state index in [1.54, 1.807) is 0 Å². The maximum atomic E-state index is 10.8. The van der Waals surface area contributed by atoms with Gasteiger partial charge in [0.2, 0.25) is 0 Å². The predicted octanol–water partition coefficient (Wildman–Crippen LogP) is 4.37. The molecule has 3 rings (SSSR count). The van der Waals surface area contributed by atoms with E-state index in [-0.39, 0.29) is 11.7 Å². The van der Waals surface area contributed by atoms with Crippen LogP contribution in [0.4, 0.5) is 0 Å². The molecular formula is C17H23IO2. The fourth-order valence-corrected chi connectivity index (χ4v) is 4.53. The standard InChI is InChI=1S/C17H23IO2/c1-12-5-4-6-14(15(12)18)16(19)13-7-10-20-17(11-13)8-2-3-9-17/h4-6,13,16,19H,2-3,7-11H2,1H3. The van der Waals surface area contributed by atoms with Crippen LogP contribution in [0.3, 0.4) is 0 Å². The molecule has 1 aliphatic carbocycles. The number of ether oxygens (including phenoxy) is 1. The van der Waals surface area contributed by atoms with Crippen molar-refractivity contribution in [2.24, 2.45) is 5.92 Å². The van der Waals surface area contributed by atoms with Gasteiger partial charge < -0.3 is 9.84 Å².